The first-order valence-corrected chi connectivity index (χ1v) is 5.32. The fourth-order valence-electron chi connectivity index (χ4n) is 3.20. The molecule has 0 heterocycles. The van der Waals surface area contributed by atoms with Gasteiger partial charge in [-0.25, -0.2) is 0 Å². The molecule has 1 fully saturated rings. The molecule has 12 heavy (non-hydrogen) atoms. The van der Waals surface area contributed by atoms with E-state index in [9.17, 15) is 0 Å². The first kappa shape index (κ1) is 8.34. The van der Waals surface area contributed by atoms with Crippen LogP contribution in [0, 0.1) is 17.3 Å². The first-order valence-electron chi connectivity index (χ1n) is 5.32. The third kappa shape index (κ3) is 1.04. The van der Waals surface area contributed by atoms with Crippen LogP contribution in [0.3, 0.4) is 0 Å². The van der Waals surface area contributed by atoms with Crippen molar-refractivity contribution < 1.29 is 0 Å². The number of allylic oxidation sites excluding steroid dienone is 2. The predicted octanol–water partition coefficient (Wildman–Crippen LogP) is 3.78. The van der Waals surface area contributed by atoms with E-state index in [0.717, 1.165) is 11.8 Å². The average Bonchev–Trinajstić information content (AvgIpc) is 2.27. The van der Waals surface area contributed by atoms with Gasteiger partial charge in [-0.1, -0.05) is 32.4 Å². The number of fused-ring (bicyclic) bond motifs is 1. The molecule has 2 rings (SSSR count). The summed E-state index contributed by atoms with van der Waals surface area (Å²) in [6.45, 7) is 7.31. The number of hydrogen-bond acceptors (Lipinski definition) is 0. The Morgan fingerprint density at radius 3 is 2.83 bits per heavy atom. The summed E-state index contributed by atoms with van der Waals surface area (Å²) >= 11 is 0. The summed E-state index contributed by atoms with van der Waals surface area (Å²) in [5.74, 6) is 1.85. The van der Waals surface area contributed by atoms with Crippen molar-refractivity contribution in [2.75, 3.05) is 0 Å². The van der Waals surface area contributed by atoms with Gasteiger partial charge in [-0.2, -0.15) is 0 Å². The van der Waals surface area contributed by atoms with Crippen molar-refractivity contribution in [2.24, 2.45) is 17.3 Å². The van der Waals surface area contributed by atoms with Crippen LogP contribution in [0.4, 0.5) is 0 Å². The van der Waals surface area contributed by atoms with Crippen molar-refractivity contribution >= 4 is 0 Å². The lowest BCUT2D eigenvalue weighted by Gasteiger charge is -2.36. The van der Waals surface area contributed by atoms with Gasteiger partial charge in [-0.15, -0.1) is 0 Å². The Bertz CT molecular complexity index is 214. The van der Waals surface area contributed by atoms with Crippen LogP contribution in [0.2, 0.25) is 0 Å². The van der Waals surface area contributed by atoms with Gasteiger partial charge in [0.25, 0.3) is 0 Å². The quantitative estimate of drug-likeness (QED) is 0.478. The lowest BCUT2D eigenvalue weighted by Crippen LogP contribution is -2.26. The van der Waals surface area contributed by atoms with Crippen LogP contribution in [0.15, 0.2) is 11.6 Å². The molecule has 0 aliphatic heterocycles. The van der Waals surface area contributed by atoms with Crippen LogP contribution in [-0.4, -0.2) is 0 Å². The summed E-state index contributed by atoms with van der Waals surface area (Å²) in [5, 5.41) is 0. The fraction of sp³-hybridized carbons (Fsp3) is 0.833. The molecule has 3 atom stereocenters. The zero-order valence-corrected chi connectivity index (χ0v) is 8.56. The minimum atomic E-state index is 0.581. The molecule has 0 heteroatoms. The van der Waals surface area contributed by atoms with Gasteiger partial charge < -0.3 is 0 Å². The molecule has 0 radical (unpaired) electrons. The summed E-state index contributed by atoms with van der Waals surface area (Å²) in [7, 11) is 0. The van der Waals surface area contributed by atoms with Crippen LogP contribution >= 0.6 is 0 Å². The molecule has 2 aliphatic rings. The van der Waals surface area contributed by atoms with Crippen molar-refractivity contribution in [1.82, 2.24) is 0 Å². The molecule has 0 aromatic carbocycles. The average molecular weight is 164 g/mol. The topological polar surface area (TPSA) is 0 Å². The second-order valence-corrected chi connectivity index (χ2v) is 5.14. The van der Waals surface area contributed by atoms with E-state index in [1.54, 1.807) is 5.57 Å². The van der Waals surface area contributed by atoms with E-state index in [1.807, 2.05) is 0 Å². The van der Waals surface area contributed by atoms with E-state index in [2.05, 4.69) is 26.8 Å². The van der Waals surface area contributed by atoms with E-state index >= 15 is 0 Å². The number of rotatable bonds is 0. The zero-order chi connectivity index (χ0) is 8.77. The van der Waals surface area contributed by atoms with Crippen LogP contribution in [0.5, 0.6) is 0 Å². The van der Waals surface area contributed by atoms with E-state index in [4.69, 9.17) is 0 Å². The highest BCUT2D eigenvalue weighted by molar-refractivity contribution is 5.23. The van der Waals surface area contributed by atoms with Crippen molar-refractivity contribution in [1.29, 1.82) is 0 Å². The van der Waals surface area contributed by atoms with E-state index < -0.39 is 0 Å². The lowest BCUT2D eigenvalue weighted by molar-refractivity contribution is 0.226. The van der Waals surface area contributed by atoms with Gasteiger partial charge in [0.05, 0.1) is 0 Å². The second-order valence-electron chi connectivity index (χ2n) is 5.14. The SMILES string of the molecule is CC1CC2=CCCC(C)C2(C)C1. The maximum absolute atomic E-state index is 2.52. The Labute approximate surface area is 76.1 Å². The van der Waals surface area contributed by atoms with Gasteiger partial charge in [0.1, 0.15) is 0 Å². The molecule has 0 bridgehead atoms. The Kier molecular flexibility index (Phi) is 1.82. The summed E-state index contributed by atoms with van der Waals surface area (Å²) in [4.78, 5) is 0. The molecular formula is C12H20. The van der Waals surface area contributed by atoms with Gasteiger partial charge in [-0.05, 0) is 42.9 Å². The third-order valence-corrected chi connectivity index (χ3v) is 4.15. The van der Waals surface area contributed by atoms with E-state index in [1.165, 1.54) is 25.7 Å². The highest BCUT2D eigenvalue weighted by Gasteiger charge is 2.42. The van der Waals surface area contributed by atoms with Crippen LogP contribution in [-0.2, 0) is 0 Å². The summed E-state index contributed by atoms with van der Waals surface area (Å²) < 4.78 is 0. The maximum atomic E-state index is 2.52. The molecule has 0 amide bonds. The van der Waals surface area contributed by atoms with Crippen LogP contribution in [0.25, 0.3) is 0 Å². The van der Waals surface area contributed by atoms with Crippen molar-refractivity contribution in [2.45, 2.75) is 46.5 Å². The Morgan fingerprint density at radius 2 is 2.17 bits per heavy atom. The summed E-state index contributed by atoms with van der Waals surface area (Å²) in [5.41, 5.74) is 2.35. The molecule has 1 saturated carbocycles. The monoisotopic (exact) mass is 164 g/mol. The smallest absolute Gasteiger partial charge is 0.00879 e. The van der Waals surface area contributed by atoms with Gasteiger partial charge in [0.2, 0.25) is 0 Å². The molecular weight excluding hydrogens is 144 g/mol. The fourth-order valence-corrected chi connectivity index (χ4v) is 3.20. The molecule has 0 N–H and O–H groups in total. The van der Waals surface area contributed by atoms with Gasteiger partial charge in [0.15, 0.2) is 0 Å². The lowest BCUT2D eigenvalue weighted by atomic mass is 9.68. The Morgan fingerprint density at radius 1 is 1.42 bits per heavy atom. The highest BCUT2D eigenvalue weighted by Crippen LogP contribution is 2.54. The Balaban J connectivity index is 2.31. The zero-order valence-electron chi connectivity index (χ0n) is 8.56. The van der Waals surface area contributed by atoms with Crippen molar-refractivity contribution in [3.63, 3.8) is 0 Å². The van der Waals surface area contributed by atoms with Crippen LogP contribution < -0.4 is 0 Å². The maximum Gasteiger partial charge on any atom is -0.00879 e. The molecule has 0 nitrogen and oxygen atoms in total. The molecule has 0 spiro atoms. The van der Waals surface area contributed by atoms with Gasteiger partial charge in [0, 0.05) is 0 Å². The first-order chi connectivity index (χ1) is 5.63. The number of hydrogen-bond donors (Lipinski definition) is 0. The standard InChI is InChI=1S/C12H20/c1-9-7-11-6-4-5-10(2)12(11,3)8-9/h6,9-10H,4-5,7-8H2,1-3H3. The Hall–Kier alpha value is -0.260. The molecule has 0 aromatic rings. The van der Waals surface area contributed by atoms with Crippen LogP contribution in [0.1, 0.15) is 46.5 Å². The summed E-state index contributed by atoms with van der Waals surface area (Å²) in [6, 6.07) is 0. The molecule has 0 aromatic heterocycles. The van der Waals surface area contributed by atoms with E-state index in [-0.39, 0.29) is 0 Å². The molecule has 2 aliphatic carbocycles. The molecule has 0 saturated heterocycles. The minimum Gasteiger partial charge on any atom is -0.0847 e. The summed E-state index contributed by atoms with van der Waals surface area (Å²) in [6.07, 6.45) is 8.07. The molecule has 3 unspecified atom stereocenters. The van der Waals surface area contributed by atoms with Crippen molar-refractivity contribution in [3.05, 3.63) is 11.6 Å². The largest absolute Gasteiger partial charge is 0.0847 e. The third-order valence-electron chi connectivity index (χ3n) is 4.15. The van der Waals surface area contributed by atoms with Crippen molar-refractivity contribution in [3.8, 4) is 0 Å². The second kappa shape index (κ2) is 2.61. The minimum absolute atomic E-state index is 0.581. The highest BCUT2D eigenvalue weighted by atomic mass is 14.5. The molecule has 68 valence electrons. The normalized spacial score (nSPS) is 47.1. The van der Waals surface area contributed by atoms with Gasteiger partial charge >= 0.3 is 0 Å². The predicted molar refractivity (Wildman–Crippen MR) is 53.0 cm³/mol. The van der Waals surface area contributed by atoms with E-state index in [0.29, 0.717) is 5.41 Å². The van der Waals surface area contributed by atoms with Gasteiger partial charge in [-0.3, -0.25) is 0 Å².